The average molecular weight is 448 g/mol. The Labute approximate surface area is 187 Å². The van der Waals surface area contributed by atoms with Crippen molar-refractivity contribution in [1.82, 2.24) is 0 Å². The Kier molecular flexibility index (Phi) is 6.12. The maximum absolute atomic E-state index is 12.1. The zero-order valence-corrected chi connectivity index (χ0v) is 18.5. The number of ether oxygens (including phenoxy) is 1. The summed E-state index contributed by atoms with van der Waals surface area (Å²) in [6.45, 7) is 0.234. The standard InChI is InChI=1S/C26H20ClO3S/c1-31(28,29)25-15-16-26(21-7-11-23(27)12-8-21)22(17-25)18-30-24-13-9-20(10-14-24)19-5-3-2-4-6-19/h2-5,7-17H,18H2,1H3. The molecule has 31 heavy (non-hydrogen) atoms. The van der Waals surface area contributed by atoms with Gasteiger partial charge in [-0.1, -0.05) is 66.2 Å². The molecule has 0 spiro atoms. The fraction of sp³-hybridized carbons (Fsp3) is 0.0769. The molecule has 0 unspecified atom stereocenters. The summed E-state index contributed by atoms with van der Waals surface area (Å²) >= 11 is 6.02. The van der Waals surface area contributed by atoms with E-state index >= 15 is 0 Å². The molecule has 4 rings (SSSR count). The number of hydrogen-bond donors (Lipinski definition) is 0. The molecular weight excluding hydrogens is 428 g/mol. The molecule has 0 heterocycles. The quantitative estimate of drug-likeness (QED) is 0.341. The fourth-order valence-corrected chi connectivity index (χ4v) is 4.09. The summed E-state index contributed by atoms with van der Waals surface area (Å²) in [4.78, 5) is 0.263. The van der Waals surface area contributed by atoms with E-state index in [1.54, 1.807) is 12.1 Å². The summed E-state index contributed by atoms with van der Waals surface area (Å²) in [5, 5.41) is 0.644. The second-order valence-corrected chi connectivity index (χ2v) is 9.64. The Hall–Kier alpha value is -3.08. The van der Waals surface area contributed by atoms with E-state index < -0.39 is 9.84 Å². The molecule has 0 aliphatic carbocycles. The summed E-state index contributed by atoms with van der Waals surface area (Å²) < 4.78 is 30.1. The van der Waals surface area contributed by atoms with Crippen molar-refractivity contribution in [2.45, 2.75) is 11.5 Å². The van der Waals surface area contributed by atoms with Gasteiger partial charge in [-0.3, -0.25) is 0 Å². The van der Waals surface area contributed by atoms with E-state index in [0.717, 1.165) is 27.8 Å². The highest BCUT2D eigenvalue weighted by atomic mass is 35.5. The lowest BCUT2D eigenvalue weighted by Gasteiger charge is -2.14. The van der Waals surface area contributed by atoms with Gasteiger partial charge in [0.2, 0.25) is 0 Å². The van der Waals surface area contributed by atoms with Crippen LogP contribution in [0.3, 0.4) is 0 Å². The largest absolute Gasteiger partial charge is 0.489 e. The third-order valence-corrected chi connectivity index (χ3v) is 6.29. The number of rotatable bonds is 6. The second kappa shape index (κ2) is 8.96. The third kappa shape index (κ3) is 5.16. The molecule has 0 amide bonds. The highest BCUT2D eigenvalue weighted by molar-refractivity contribution is 7.90. The molecule has 0 aromatic heterocycles. The van der Waals surface area contributed by atoms with Crippen molar-refractivity contribution in [3.05, 3.63) is 108 Å². The molecule has 0 N–H and O–H groups in total. The van der Waals surface area contributed by atoms with Crippen molar-refractivity contribution in [3.8, 4) is 28.0 Å². The first-order valence-corrected chi connectivity index (χ1v) is 12.0. The van der Waals surface area contributed by atoms with Crippen molar-refractivity contribution in [3.63, 3.8) is 0 Å². The first-order chi connectivity index (χ1) is 14.9. The van der Waals surface area contributed by atoms with Crippen LogP contribution in [-0.4, -0.2) is 14.7 Å². The van der Waals surface area contributed by atoms with Crippen molar-refractivity contribution < 1.29 is 13.2 Å². The lowest BCUT2D eigenvalue weighted by atomic mass is 10.0. The van der Waals surface area contributed by atoms with Gasteiger partial charge in [0.1, 0.15) is 12.4 Å². The molecular formula is C26H20ClO3S. The van der Waals surface area contributed by atoms with E-state index in [9.17, 15) is 8.42 Å². The monoisotopic (exact) mass is 447 g/mol. The van der Waals surface area contributed by atoms with Crippen LogP contribution in [0, 0.1) is 6.07 Å². The highest BCUT2D eigenvalue weighted by Gasteiger charge is 2.13. The molecule has 0 atom stereocenters. The summed E-state index contributed by atoms with van der Waals surface area (Å²) in [5.41, 5.74) is 4.69. The summed E-state index contributed by atoms with van der Waals surface area (Å²) in [7, 11) is -3.33. The Bertz CT molecular complexity index is 1280. The van der Waals surface area contributed by atoms with Gasteiger partial charge in [-0.15, -0.1) is 0 Å². The smallest absolute Gasteiger partial charge is 0.175 e. The van der Waals surface area contributed by atoms with Gasteiger partial charge in [0.15, 0.2) is 9.84 Å². The normalized spacial score (nSPS) is 11.3. The van der Waals surface area contributed by atoms with Gasteiger partial charge in [0.25, 0.3) is 0 Å². The molecule has 1 radical (unpaired) electrons. The first kappa shape index (κ1) is 21.2. The predicted molar refractivity (Wildman–Crippen MR) is 125 cm³/mol. The van der Waals surface area contributed by atoms with Crippen LogP contribution >= 0.6 is 11.6 Å². The van der Waals surface area contributed by atoms with E-state index in [4.69, 9.17) is 16.3 Å². The molecule has 0 aliphatic rings. The minimum Gasteiger partial charge on any atom is -0.489 e. The van der Waals surface area contributed by atoms with Crippen molar-refractivity contribution in [1.29, 1.82) is 0 Å². The SMILES string of the molecule is CS(=O)(=O)c1ccc(-c2ccc(Cl)cc2)c(COc2ccc(-c3[c]cccc3)cc2)c1. The van der Waals surface area contributed by atoms with Crippen LogP contribution in [0.2, 0.25) is 5.02 Å². The fourth-order valence-electron chi connectivity index (χ4n) is 3.30. The molecule has 3 nitrogen and oxygen atoms in total. The van der Waals surface area contributed by atoms with Crippen LogP contribution in [0.5, 0.6) is 5.75 Å². The Balaban J connectivity index is 1.61. The summed E-state index contributed by atoms with van der Waals surface area (Å²) in [5.74, 6) is 0.700. The average Bonchev–Trinajstić information content (AvgIpc) is 2.78. The molecule has 0 aliphatic heterocycles. The summed E-state index contributed by atoms with van der Waals surface area (Å²) in [6, 6.07) is 31.3. The van der Waals surface area contributed by atoms with Gasteiger partial charge >= 0.3 is 0 Å². The Morgan fingerprint density at radius 1 is 0.871 bits per heavy atom. The van der Waals surface area contributed by atoms with Crippen LogP contribution in [0.15, 0.2) is 95.9 Å². The first-order valence-electron chi connectivity index (χ1n) is 9.69. The molecule has 0 fully saturated rings. The minimum atomic E-state index is -3.33. The van der Waals surface area contributed by atoms with Gasteiger partial charge in [-0.2, -0.15) is 0 Å². The van der Waals surface area contributed by atoms with E-state index in [2.05, 4.69) is 6.07 Å². The molecule has 4 aromatic rings. The number of benzene rings is 4. The zero-order valence-electron chi connectivity index (χ0n) is 16.9. The van der Waals surface area contributed by atoms with Crippen LogP contribution in [-0.2, 0) is 16.4 Å². The predicted octanol–water partition coefficient (Wildman–Crippen LogP) is 6.46. The Morgan fingerprint density at radius 3 is 2.23 bits per heavy atom. The van der Waals surface area contributed by atoms with Crippen LogP contribution < -0.4 is 4.74 Å². The maximum Gasteiger partial charge on any atom is 0.175 e. The van der Waals surface area contributed by atoms with Crippen molar-refractivity contribution in [2.24, 2.45) is 0 Å². The second-order valence-electron chi connectivity index (χ2n) is 7.19. The summed E-state index contributed by atoms with van der Waals surface area (Å²) in [6.07, 6.45) is 1.20. The topological polar surface area (TPSA) is 43.4 Å². The number of hydrogen-bond acceptors (Lipinski definition) is 3. The van der Waals surface area contributed by atoms with Gasteiger partial charge < -0.3 is 4.74 Å². The van der Waals surface area contributed by atoms with Crippen molar-refractivity contribution in [2.75, 3.05) is 6.26 Å². The maximum atomic E-state index is 12.1. The third-order valence-electron chi connectivity index (χ3n) is 4.93. The van der Waals surface area contributed by atoms with Gasteiger partial charge in [0.05, 0.1) is 4.90 Å². The van der Waals surface area contributed by atoms with Crippen molar-refractivity contribution >= 4 is 21.4 Å². The minimum absolute atomic E-state index is 0.234. The molecule has 0 saturated carbocycles. The molecule has 5 heteroatoms. The molecule has 155 valence electrons. The highest BCUT2D eigenvalue weighted by Crippen LogP contribution is 2.29. The number of sulfone groups is 1. The lowest BCUT2D eigenvalue weighted by Crippen LogP contribution is -2.03. The van der Waals surface area contributed by atoms with E-state index in [1.807, 2.05) is 78.9 Å². The molecule has 4 aromatic carbocycles. The zero-order chi connectivity index (χ0) is 21.8. The van der Waals surface area contributed by atoms with Gasteiger partial charge in [-0.05, 0) is 70.3 Å². The molecule has 0 bridgehead atoms. The van der Waals surface area contributed by atoms with Gasteiger partial charge in [-0.25, -0.2) is 8.42 Å². The molecule has 0 saturated heterocycles. The van der Waals surface area contributed by atoms with E-state index in [0.29, 0.717) is 10.8 Å². The van der Waals surface area contributed by atoms with Crippen LogP contribution in [0.25, 0.3) is 22.3 Å². The van der Waals surface area contributed by atoms with Crippen LogP contribution in [0.4, 0.5) is 0 Å². The van der Waals surface area contributed by atoms with E-state index in [-0.39, 0.29) is 11.5 Å². The van der Waals surface area contributed by atoms with Gasteiger partial charge in [0, 0.05) is 11.3 Å². The van der Waals surface area contributed by atoms with E-state index in [1.165, 1.54) is 6.26 Å². The van der Waals surface area contributed by atoms with Crippen LogP contribution in [0.1, 0.15) is 5.56 Å². The Morgan fingerprint density at radius 2 is 1.58 bits per heavy atom. The number of halogens is 1. The lowest BCUT2D eigenvalue weighted by molar-refractivity contribution is 0.306.